The van der Waals surface area contributed by atoms with E-state index in [2.05, 4.69) is 19.2 Å². The number of carbonyl (C=O) groups excluding carboxylic acids is 1. The molecule has 2 unspecified atom stereocenters. The van der Waals surface area contributed by atoms with Crippen LogP contribution in [0.2, 0.25) is 0 Å². The van der Waals surface area contributed by atoms with E-state index in [9.17, 15) is 4.79 Å². The van der Waals surface area contributed by atoms with Gasteiger partial charge in [0.25, 0.3) is 0 Å². The summed E-state index contributed by atoms with van der Waals surface area (Å²) in [4.78, 5) is 11.5. The van der Waals surface area contributed by atoms with Gasteiger partial charge in [-0.25, -0.2) is 4.79 Å². The van der Waals surface area contributed by atoms with Crippen LogP contribution < -0.4 is 11.1 Å². The van der Waals surface area contributed by atoms with Crippen LogP contribution in [0.4, 0.5) is 4.79 Å². The number of amides is 1. The fourth-order valence-corrected chi connectivity index (χ4v) is 3.07. The van der Waals surface area contributed by atoms with Crippen molar-refractivity contribution in [1.29, 1.82) is 0 Å². The molecule has 3 N–H and O–H groups in total. The van der Waals surface area contributed by atoms with Crippen LogP contribution >= 0.6 is 0 Å². The van der Waals surface area contributed by atoms with Crippen LogP contribution in [0.3, 0.4) is 0 Å². The van der Waals surface area contributed by atoms with Gasteiger partial charge >= 0.3 is 6.09 Å². The molecule has 1 rings (SSSR count). The molecule has 0 radical (unpaired) electrons. The largest absolute Gasteiger partial charge is 0.450 e. The molecule has 0 aromatic rings. The number of hydrogen-bond donors (Lipinski definition) is 2. The average molecular weight is 228 g/mol. The maximum Gasteiger partial charge on any atom is 0.407 e. The van der Waals surface area contributed by atoms with Gasteiger partial charge in [0.05, 0.1) is 6.61 Å². The number of hydrogen-bond acceptors (Lipinski definition) is 3. The van der Waals surface area contributed by atoms with E-state index in [1.54, 1.807) is 6.92 Å². The van der Waals surface area contributed by atoms with Crippen molar-refractivity contribution >= 4 is 6.09 Å². The molecular weight excluding hydrogens is 204 g/mol. The van der Waals surface area contributed by atoms with E-state index in [0.29, 0.717) is 6.61 Å². The Labute approximate surface area is 97.9 Å². The molecule has 1 aliphatic rings. The maximum absolute atomic E-state index is 11.5. The minimum atomic E-state index is -0.338. The second kappa shape index (κ2) is 4.62. The molecule has 1 fully saturated rings. The first-order valence-corrected chi connectivity index (χ1v) is 5.97. The van der Waals surface area contributed by atoms with E-state index in [-0.39, 0.29) is 23.1 Å². The van der Waals surface area contributed by atoms with E-state index in [0.717, 1.165) is 19.3 Å². The lowest BCUT2D eigenvalue weighted by atomic mass is 9.67. The molecule has 1 amide bonds. The van der Waals surface area contributed by atoms with Crippen molar-refractivity contribution in [1.82, 2.24) is 5.32 Å². The Bertz CT molecular complexity index is 266. The fraction of sp³-hybridized carbons (Fsp3) is 0.917. The Balaban J connectivity index is 2.65. The Kier molecular flexibility index (Phi) is 3.84. The van der Waals surface area contributed by atoms with E-state index in [4.69, 9.17) is 10.5 Å². The molecule has 2 atom stereocenters. The van der Waals surface area contributed by atoms with Gasteiger partial charge in [-0.1, -0.05) is 13.8 Å². The minimum absolute atomic E-state index is 0.149. The summed E-state index contributed by atoms with van der Waals surface area (Å²) in [5, 5.41) is 2.94. The van der Waals surface area contributed by atoms with Crippen molar-refractivity contribution in [3.63, 3.8) is 0 Å². The highest BCUT2D eigenvalue weighted by atomic mass is 16.5. The van der Waals surface area contributed by atoms with Crippen molar-refractivity contribution in [3.8, 4) is 0 Å². The summed E-state index contributed by atoms with van der Waals surface area (Å²) >= 11 is 0. The van der Waals surface area contributed by atoms with Crippen LogP contribution in [-0.2, 0) is 4.74 Å². The zero-order valence-electron chi connectivity index (χ0n) is 10.8. The molecule has 0 saturated heterocycles. The Morgan fingerprint density at radius 1 is 1.44 bits per heavy atom. The molecule has 4 heteroatoms. The highest BCUT2D eigenvalue weighted by Crippen LogP contribution is 2.40. The molecule has 0 bridgehead atoms. The third kappa shape index (κ3) is 3.67. The van der Waals surface area contributed by atoms with E-state index >= 15 is 0 Å². The van der Waals surface area contributed by atoms with Gasteiger partial charge in [0.2, 0.25) is 0 Å². The van der Waals surface area contributed by atoms with Crippen LogP contribution in [0.15, 0.2) is 0 Å². The molecule has 1 saturated carbocycles. The molecule has 4 nitrogen and oxygen atoms in total. The van der Waals surface area contributed by atoms with Crippen molar-refractivity contribution in [3.05, 3.63) is 0 Å². The van der Waals surface area contributed by atoms with Gasteiger partial charge in [-0.05, 0) is 38.5 Å². The number of carbonyl (C=O) groups is 1. The topological polar surface area (TPSA) is 64.3 Å². The summed E-state index contributed by atoms with van der Waals surface area (Å²) in [6.45, 7) is 8.63. The Morgan fingerprint density at radius 3 is 2.56 bits per heavy atom. The van der Waals surface area contributed by atoms with Crippen LogP contribution in [-0.4, -0.2) is 24.3 Å². The fourth-order valence-electron chi connectivity index (χ4n) is 3.07. The standard InChI is InChI=1S/C12H24N2O2/c1-5-16-10(15)14-12(4)7-9(13)6-11(2,3)8-12/h9H,5-8,13H2,1-4H3,(H,14,15). The third-order valence-corrected chi connectivity index (χ3v) is 3.08. The monoisotopic (exact) mass is 228 g/mol. The molecule has 0 spiro atoms. The molecule has 16 heavy (non-hydrogen) atoms. The lowest BCUT2D eigenvalue weighted by Crippen LogP contribution is -2.55. The summed E-state index contributed by atoms with van der Waals surface area (Å²) in [5.41, 5.74) is 5.97. The zero-order chi connectivity index (χ0) is 12.4. The lowest BCUT2D eigenvalue weighted by molar-refractivity contribution is 0.0951. The first-order chi connectivity index (χ1) is 7.26. The summed E-state index contributed by atoms with van der Waals surface area (Å²) in [6.07, 6.45) is 2.42. The van der Waals surface area contributed by atoms with E-state index < -0.39 is 0 Å². The first kappa shape index (κ1) is 13.3. The van der Waals surface area contributed by atoms with Gasteiger partial charge in [-0.3, -0.25) is 0 Å². The number of nitrogens with two attached hydrogens (primary N) is 1. The Hall–Kier alpha value is -0.770. The minimum Gasteiger partial charge on any atom is -0.450 e. The highest BCUT2D eigenvalue weighted by Gasteiger charge is 2.41. The second-order valence-corrected chi connectivity index (χ2v) is 5.92. The quantitative estimate of drug-likeness (QED) is 0.760. The Morgan fingerprint density at radius 2 is 2.06 bits per heavy atom. The predicted octanol–water partition coefficient (Wildman–Crippen LogP) is 2.03. The van der Waals surface area contributed by atoms with Crippen LogP contribution in [0.1, 0.15) is 47.0 Å². The van der Waals surface area contributed by atoms with Crippen LogP contribution in [0, 0.1) is 5.41 Å². The van der Waals surface area contributed by atoms with Crippen LogP contribution in [0.25, 0.3) is 0 Å². The van der Waals surface area contributed by atoms with Gasteiger partial charge < -0.3 is 15.8 Å². The van der Waals surface area contributed by atoms with E-state index in [1.165, 1.54) is 0 Å². The third-order valence-electron chi connectivity index (χ3n) is 3.08. The molecule has 1 aliphatic carbocycles. The van der Waals surface area contributed by atoms with Crippen molar-refractivity contribution in [2.24, 2.45) is 11.1 Å². The lowest BCUT2D eigenvalue weighted by Gasteiger charge is -2.45. The smallest absolute Gasteiger partial charge is 0.407 e. The SMILES string of the molecule is CCOC(=O)NC1(C)CC(N)CC(C)(C)C1. The number of alkyl carbamates (subject to hydrolysis) is 1. The summed E-state index contributed by atoms with van der Waals surface area (Å²) < 4.78 is 4.92. The highest BCUT2D eigenvalue weighted by molar-refractivity contribution is 5.68. The summed E-state index contributed by atoms with van der Waals surface area (Å²) in [5.74, 6) is 0. The number of rotatable bonds is 2. The molecule has 0 aliphatic heterocycles. The van der Waals surface area contributed by atoms with Gasteiger partial charge in [0, 0.05) is 11.6 Å². The van der Waals surface area contributed by atoms with Crippen LogP contribution in [0.5, 0.6) is 0 Å². The molecule has 0 heterocycles. The van der Waals surface area contributed by atoms with Crippen molar-refractivity contribution < 1.29 is 9.53 Å². The van der Waals surface area contributed by atoms with Gasteiger partial charge in [0.1, 0.15) is 0 Å². The van der Waals surface area contributed by atoms with Gasteiger partial charge in [-0.2, -0.15) is 0 Å². The normalized spacial score (nSPS) is 33.2. The van der Waals surface area contributed by atoms with Gasteiger partial charge in [-0.15, -0.1) is 0 Å². The maximum atomic E-state index is 11.5. The number of nitrogens with one attached hydrogen (secondary N) is 1. The number of ether oxygens (including phenoxy) is 1. The summed E-state index contributed by atoms with van der Waals surface area (Å²) in [6, 6.07) is 0.149. The van der Waals surface area contributed by atoms with E-state index in [1.807, 2.05) is 6.92 Å². The molecular formula is C12H24N2O2. The van der Waals surface area contributed by atoms with Gasteiger partial charge in [0.15, 0.2) is 0 Å². The predicted molar refractivity (Wildman–Crippen MR) is 64.2 cm³/mol. The first-order valence-electron chi connectivity index (χ1n) is 5.97. The van der Waals surface area contributed by atoms with Crippen molar-refractivity contribution in [2.75, 3.05) is 6.61 Å². The zero-order valence-corrected chi connectivity index (χ0v) is 10.8. The molecule has 0 aromatic carbocycles. The van der Waals surface area contributed by atoms with Crippen molar-refractivity contribution in [2.45, 2.75) is 58.5 Å². The second-order valence-electron chi connectivity index (χ2n) is 5.92. The molecule has 0 aromatic heterocycles. The molecule has 94 valence electrons. The average Bonchev–Trinajstić information content (AvgIpc) is 1.96. The summed E-state index contributed by atoms with van der Waals surface area (Å²) in [7, 11) is 0.